The number of amides is 2. The van der Waals surface area contributed by atoms with Crippen molar-refractivity contribution in [3.63, 3.8) is 0 Å². The van der Waals surface area contributed by atoms with Crippen LogP contribution in [-0.2, 0) is 9.53 Å². The molecule has 3 aromatic carbocycles. The number of carbonyl (C=O) groups is 2. The number of aliphatic hydroxyl groups excluding tert-OH is 1. The fraction of sp³-hybridized carbons (Fsp3) is 0.185. The van der Waals surface area contributed by atoms with Crippen LogP contribution in [0.1, 0.15) is 11.7 Å². The smallest absolute Gasteiger partial charge is 0.412 e. The summed E-state index contributed by atoms with van der Waals surface area (Å²) in [5, 5.41) is 20.6. The molecule has 4 N–H and O–H groups in total. The van der Waals surface area contributed by atoms with Gasteiger partial charge in [-0.2, -0.15) is 0 Å². The lowest BCUT2D eigenvalue weighted by Gasteiger charge is -2.26. The molecule has 0 aliphatic heterocycles. The lowest BCUT2D eigenvalue weighted by molar-refractivity contribution is -0.124. The number of anilines is 1. The minimum absolute atomic E-state index is 0.129. The Hall–Kier alpha value is -3.99. The first kappa shape index (κ1) is 27.6. The van der Waals surface area contributed by atoms with Crippen LogP contribution in [0.25, 0.3) is 0 Å². The minimum Gasteiger partial charge on any atom is -0.491 e. The zero-order valence-corrected chi connectivity index (χ0v) is 20.9. The highest BCUT2D eigenvalue weighted by atomic mass is 32.2. The fourth-order valence-electron chi connectivity index (χ4n) is 3.26. The van der Waals surface area contributed by atoms with Crippen LogP contribution in [0, 0.1) is 0 Å². The molecule has 3 aromatic rings. The molecule has 0 aliphatic carbocycles. The first-order valence-corrected chi connectivity index (χ1v) is 12.5. The average molecular weight is 525 g/mol. The highest BCUT2D eigenvalue weighted by molar-refractivity contribution is 7.98. The molecule has 0 unspecified atom stereocenters. The summed E-state index contributed by atoms with van der Waals surface area (Å²) in [5.41, 5.74) is 2.63. The van der Waals surface area contributed by atoms with Crippen molar-refractivity contribution in [1.29, 1.82) is 0 Å². The molecule has 0 heterocycles. The van der Waals surface area contributed by atoms with Gasteiger partial charge in [0, 0.05) is 16.7 Å². The van der Waals surface area contributed by atoms with Crippen LogP contribution in [0.15, 0.2) is 95.9 Å². The van der Waals surface area contributed by atoms with Gasteiger partial charge >= 0.3 is 6.09 Å². The monoisotopic (exact) mass is 524 g/mol. The number of para-hydroxylation sites is 1. The molecule has 2 amide bonds. The Balaban J connectivity index is 1.91. The number of hydrogen-bond acceptors (Lipinski definition) is 8. The maximum Gasteiger partial charge on any atom is 0.412 e. The lowest BCUT2D eigenvalue weighted by Crippen LogP contribution is -2.30. The number of nitrogens with one attached hydrogen (secondary N) is 2. The predicted molar refractivity (Wildman–Crippen MR) is 140 cm³/mol. The Bertz CT molecular complexity index is 1160. The fourth-order valence-corrected chi connectivity index (χ4v) is 3.66. The van der Waals surface area contributed by atoms with E-state index in [0.717, 1.165) is 11.0 Å². The minimum atomic E-state index is -1.000. The summed E-state index contributed by atoms with van der Waals surface area (Å²) in [7, 11) is 0. The third-order valence-electron chi connectivity index (χ3n) is 5.00. The molecule has 9 nitrogen and oxygen atoms in total. The summed E-state index contributed by atoms with van der Waals surface area (Å²) >= 11 is 1.58. The van der Waals surface area contributed by atoms with E-state index < -0.39 is 24.2 Å². The van der Waals surface area contributed by atoms with Gasteiger partial charge in [-0.25, -0.2) is 10.3 Å². The lowest BCUT2D eigenvalue weighted by atomic mass is 10.0. The van der Waals surface area contributed by atoms with Gasteiger partial charge in [-0.05, 0) is 66.4 Å². The number of benzene rings is 3. The second-order valence-electron chi connectivity index (χ2n) is 7.55. The van der Waals surface area contributed by atoms with E-state index >= 15 is 0 Å². The maximum atomic E-state index is 12.9. The number of rotatable bonds is 12. The number of carbonyl (C=O) groups excluding carboxylic acids is 2. The number of thioether (sulfide) groups is 1. The maximum absolute atomic E-state index is 12.9. The van der Waals surface area contributed by atoms with Gasteiger partial charge in [-0.3, -0.25) is 15.3 Å². The number of hydrogen-bond donors (Lipinski definition) is 4. The van der Waals surface area contributed by atoms with E-state index in [1.807, 2.05) is 24.5 Å². The molecule has 2 atom stereocenters. The molecule has 0 fully saturated rings. The van der Waals surface area contributed by atoms with Crippen LogP contribution in [-0.4, -0.2) is 47.9 Å². The summed E-state index contributed by atoms with van der Waals surface area (Å²) in [4.78, 5) is 25.7. The second-order valence-corrected chi connectivity index (χ2v) is 8.43. The molecular weight excluding hydrogens is 496 g/mol. The third kappa shape index (κ3) is 8.87. The van der Waals surface area contributed by atoms with E-state index in [2.05, 4.69) is 5.32 Å². The van der Waals surface area contributed by atoms with E-state index in [9.17, 15) is 9.59 Å². The molecule has 194 valence electrons. The molecule has 0 spiro atoms. The van der Waals surface area contributed by atoms with E-state index in [1.54, 1.807) is 72.4 Å². The van der Waals surface area contributed by atoms with Gasteiger partial charge in [-0.1, -0.05) is 30.3 Å². The predicted octanol–water partition coefficient (Wildman–Crippen LogP) is 4.58. The van der Waals surface area contributed by atoms with Crippen molar-refractivity contribution in [1.82, 2.24) is 5.48 Å². The van der Waals surface area contributed by atoms with Crippen LogP contribution in [0.2, 0.25) is 0 Å². The molecule has 10 heteroatoms. The highest BCUT2D eigenvalue weighted by Gasteiger charge is 2.28. The van der Waals surface area contributed by atoms with Gasteiger partial charge in [0.1, 0.15) is 18.1 Å². The SMILES string of the molecule is CSc1ccc(NC(=O)O[C@@H](c2ccc(OCCO)cc2)[C@H](/C=C/C(=O)NO)Oc2ccccc2)cc1. The zero-order chi connectivity index (χ0) is 26.5. The molecule has 0 aromatic heterocycles. The van der Waals surface area contributed by atoms with Crippen LogP contribution in [0.5, 0.6) is 11.5 Å². The Kier molecular flexibility index (Phi) is 10.8. The van der Waals surface area contributed by atoms with Crippen LogP contribution < -0.4 is 20.3 Å². The van der Waals surface area contributed by atoms with Crippen LogP contribution in [0.3, 0.4) is 0 Å². The van der Waals surface area contributed by atoms with Crippen molar-refractivity contribution in [2.45, 2.75) is 17.1 Å². The van der Waals surface area contributed by atoms with Gasteiger partial charge in [0.15, 0.2) is 12.2 Å². The van der Waals surface area contributed by atoms with Crippen molar-refractivity contribution in [2.75, 3.05) is 24.8 Å². The van der Waals surface area contributed by atoms with Crippen molar-refractivity contribution in [3.05, 3.63) is 96.6 Å². The quantitative estimate of drug-likeness (QED) is 0.117. The topological polar surface area (TPSA) is 126 Å². The van der Waals surface area contributed by atoms with E-state index in [0.29, 0.717) is 22.7 Å². The van der Waals surface area contributed by atoms with Gasteiger partial charge in [0.2, 0.25) is 0 Å². The summed E-state index contributed by atoms with van der Waals surface area (Å²) in [6.45, 7) is 0.00600. The summed E-state index contributed by atoms with van der Waals surface area (Å²) in [5.74, 6) is 0.225. The van der Waals surface area contributed by atoms with Gasteiger partial charge < -0.3 is 19.3 Å². The van der Waals surface area contributed by atoms with Crippen molar-refractivity contribution in [3.8, 4) is 11.5 Å². The first-order chi connectivity index (χ1) is 18.0. The molecule has 3 rings (SSSR count). The Morgan fingerprint density at radius 3 is 2.30 bits per heavy atom. The van der Waals surface area contributed by atoms with Gasteiger partial charge in [0.25, 0.3) is 5.91 Å². The van der Waals surface area contributed by atoms with Crippen molar-refractivity contribution in [2.24, 2.45) is 0 Å². The van der Waals surface area contributed by atoms with Crippen molar-refractivity contribution >= 4 is 29.4 Å². The Morgan fingerprint density at radius 2 is 1.68 bits per heavy atom. The number of aliphatic hydroxyl groups is 1. The second kappa shape index (κ2) is 14.5. The largest absolute Gasteiger partial charge is 0.491 e. The highest BCUT2D eigenvalue weighted by Crippen LogP contribution is 2.29. The molecule has 0 saturated carbocycles. The summed E-state index contributed by atoms with van der Waals surface area (Å²) in [6, 6.07) is 22.8. The molecule has 0 aliphatic rings. The van der Waals surface area contributed by atoms with Gasteiger partial charge in [-0.15, -0.1) is 11.8 Å². The first-order valence-electron chi connectivity index (χ1n) is 11.3. The van der Waals surface area contributed by atoms with Crippen molar-refractivity contribution < 1.29 is 34.1 Å². The van der Waals surface area contributed by atoms with E-state index in [1.165, 1.54) is 11.6 Å². The molecule has 0 saturated heterocycles. The average Bonchev–Trinajstić information content (AvgIpc) is 2.94. The Labute approximate surface area is 219 Å². The standard InChI is InChI=1S/C27H28N2O7S/c1-37-23-13-9-20(10-14-23)28-27(32)36-26(19-7-11-21(12-8-19)34-18-17-30)24(15-16-25(31)29-33)35-22-5-3-2-4-6-22/h2-16,24,26,30,33H,17-18H2,1H3,(H,28,32)(H,29,31)/b16-15+/t24-,26-/m0/s1. The molecular formula is C27H28N2O7S. The van der Waals surface area contributed by atoms with Gasteiger partial charge in [0.05, 0.1) is 6.61 Å². The Morgan fingerprint density at radius 1 is 0.973 bits per heavy atom. The van der Waals surface area contributed by atoms with E-state index in [4.69, 9.17) is 24.5 Å². The van der Waals surface area contributed by atoms with Crippen LogP contribution >= 0.6 is 11.8 Å². The molecule has 0 bridgehead atoms. The number of hydroxylamine groups is 1. The van der Waals surface area contributed by atoms with Crippen LogP contribution in [0.4, 0.5) is 10.5 Å². The molecule has 37 heavy (non-hydrogen) atoms. The molecule has 0 radical (unpaired) electrons. The van der Waals surface area contributed by atoms with E-state index in [-0.39, 0.29) is 13.2 Å². The number of ether oxygens (including phenoxy) is 3. The zero-order valence-electron chi connectivity index (χ0n) is 20.1. The normalized spacial score (nSPS) is 12.4. The third-order valence-corrected chi connectivity index (χ3v) is 5.74. The summed E-state index contributed by atoms with van der Waals surface area (Å²) in [6.07, 6.45) is 1.75. The summed E-state index contributed by atoms with van der Waals surface area (Å²) < 4.78 is 17.3.